The summed E-state index contributed by atoms with van der Waals surface area (Å²) in [7, 11) is 0. The second-order valence-electron chi connectivity index (χ2n) is 6.56. The molecule has 2 aromatic rings. The van der Waals surface area contributed by atoms with Crippen molar-refractivity contribution in [1.29, 1.82) is 0 Å². The Balaban J connectivity index is 1.33. The van der Waals surface area contributed by atoms with Crippen LogP contribution in [0.3, 0.4) is 0 Å². The lowest BCUT2D eigenvalue weighted by Gasteiger charge is -2.14. The van der Waals surface area contributed by atoms with Crippen LogP contribution in [0, 0.1) is 11.8 Å². The highest BCUT2D eigenvalue weighted by molar-refractivity contribution is 6.07. The second-order valence-corrected chi connectivity index (χ2v) is 6.56. The van der Waals surface area contributed by atoms with Gasteiger partial charge >= 0.3 is 5.97 Å². The maximum atomic E-state index is 12.4. The third-order valence-electron chi connectivity index (χ3n) is 4.85. The summed E-state index contributed by atoms with van der Waals surface area (Å²) in [6.45, 7) is -0.535. The van der Waals surface area contributed by atoms with Gasteiger partial charge in [-0.05, 0) is 12.8 Å². The van der Waals surface area contributed by atoms with Crippen LogP contribution in [-0.4, -0.2) is 34.2 Å². The third-order valence-corrected chi connectivity index (χ3v) is 4.85. The maximum Gasteiger partial charge on any atom is 0.326 e. The van der Waals surface area contributed by atoms with Crippen LogP contribution in [0.2, 0.25) is 0 Å². The Bertz CT molecular complexity index is 876. The minimum absolute atomic E-state index is 0.156. The molecule has 1 saturated heterocycles. The molecule has 7 nitrogen and oxygen atoms in total. The van der Waals surface area contributed by atoms with E-state index in [1.54, 1.807) is 6.20 Å². The number of hydrogen-bond acceptors (Lipinski definition) is 6. The number of ether oxygens (including phenoxy) is 1. The average molecular weight is 366 g/mol. The van der Waals surface area contributed by atoms with Crippen LogP contribution in [0.25, 0.3) is 11.3 Å². The van der Waals surface area contributed by atoms with Crippen molar-refractivity contribution in [1.82, 2.24) is 9.88 Å². The van der Waals surface area contributed by atoms with E-state index >= 15 is 0 Å². The lowest BCUT2D eigenvalue weighted by molar-refractivity contribution is -0.154. The van der Waals surface area contributed by atoms with Crippen molar-refractivity contribution in [2.24, 2.45) is 11.8 Å². The quantitative estimate of drug-likeness (QED) is 0.458. The Morgan fingerprint density at radius 3 is 2.44 bits per heavy atom. The monoisotopic (exact) mass is 366 g/mol. The number of esters is 1. The van der Waals surface area contributed by atoms with Crippen molar-refractivity contribution >= 4 is 17.8 Å². The second kappa shape index (κ2) is 7.19. The van der Waals surface area contributed by atoms with Gasteiger partial charge in [-0.15, -0.1) is 0 Å². The van der Waals surface area contributed by atoms with Gasteiger partial charge in [0.25, 0.3) is 0 Å². The van der Waals surface area contributed by atoms with Gasteiger partial charge in [0.2, 0.25) is 17.7 Å². The summed E-state index contributed by atoms with van der Waals surface area (Å²) < 4.78 is 10.7. The molecule has 1 aromatic heterocycles. The highest BCUT2D eigenvalue weighted by Crippen LogP contribution is 2.34. The van der Waals surface area contributed by atoms with E-state index in [-0.39, 0.29) is 42.7 Å². The van der Waals surface area contributed by atoms with E-state index < -0.39 is 5.97 Å². The molecule has 0 saturated carbocycles. The summed E-state index contributed by atoms with van der Waals surface area (Å²) in [6, 6.07) is 9.43. The van der Waals surface area contributed by atoms with Gasteiger partial charge in [0.1, 0.15) is 6.54 Å². The first kappa shape index (κ1) is 17.2. The number of oxazole rings is 1. The number of rotatable bonds is 5. The molecular formula is C20H18N2O5. The topological polar surface area (TPSA) is 89.7 Å². The molecule has 1 aliphatic carbocycles. The van der Waals surface area contributed by atoms with E-state index in [9.17, 15) is 14.4 Å². The minimum Gasteiger partial charge on any atom is -0.454 e. The Labute approximate surface area is 155 Å². The first-order valence-electron chi connectivity index (χ1n) is 8.79. The summed E-state index contributed by atoms with van der Waals surface area (Å²) in [5.74, 6) is -1.14. The van der Waals surface area contributed by atoms with Gasteiger partial charge in [-0.3, -0.25) is 19.3 Å². The first-order chi connectivity index (χ1) is 13.1. The number of imide groups is 1. The molecule has 4 rings (SSSR count). The molecule has 0 unspecified atom stereocenters. The SMILES string of the molecule is O=C(CN1C(=O)[C@@H]2CC=CC[C@H]2C1=O)OCc1ncc(-c2ccccc2)o1. The Kier molecular flexibility index (Phi) is 4.58. The molecule has 0 bridgehead atoms. The predicted octanol–water partition coefficient (Wildman–Crippen LogP) is 2.34. The summed E-state index contributed by atoms with van der Waals surface area (Å²) in [5.41, 5.74) is 0.868. The number of amides is 2. The predicted molar refractivity (Wildman–Crippen MR) is 93.8 cm³/mol. The van der Waals surface area contributed by atoms with Crippen molar-refractivity contribution < 1.29 is 23.5 Å². The number of fused-ring (bicyclic) bond motifs is 1. The Morgan fingerprint density at radius 1 is 1.11 bits per heavy atom. The maximum absolute atomic E-state index is 12.4. The molecular weight excluding hydrogens is 348 g/mol. The van der Waals surface area contributed by atoms with E-state index in [1.165, 1.54) is 0 Å². The highest BCUT2D eigenvalue weighted by Gasteiger charge is 2.47. The third kappa shape index (κ3) is 3.40. The van der Waals surface area contributed by atoms with Gasteiger partial charge in [0.15, 0.2) is 12.4 Å². The van der Waals surface area contributed by atoms with Gasteiger partial charge in [0.05, 0.1) is 18.0 Å². The average Bonchev–Trinajstić information content (AvgIpc) is 3.27. The van der Waals surface area contributed by atoms with E-state index in [4.69, 9.17) is 9.15 Å². The lowest BCUT2D eigenvalue weighted by atomic mass is 9.85. The summed E-state index contributed by atoms with van der Waals surface area (Å²) in [4.78, 5) is 41.9. The summed E-state index contributed by atoms with van der Waals surface area (Å²) >= 11 is 0. The van der Waals surface area contributed by atoms with Crippen LogP contribution >= 0.6 is 0 Å². The van der Waals surface area contributed by atoms with Crippen molar-refractivity contribution in [2.45, 2.75) is 19.4 Å². The molecule has 2 aliphatic rings. The van der Waals surface area contributed by atoms with Crippen LogP contribution in [0.5, 0.6) is 0 Å². The number of benzene rings is 1. The molecule has 0 spiro atoms. The number of carbonyl (C=O) groups is 3. The van der Waals surface area contributed by atoms with E-state index in [1.807, 2.05) is 42.5 Å². The first-order valence-corrected chi connectivity index (χ1v) is 8.79. The molecule has 138 valence electrons. The number of likely N-dealkylation sites (tertiary alicyclic amines) is 1. The van der Waals surface area contributed by atoms with E-state index in [2.05, 4.69) is 4.98 Å². The number of allylic oxidation sites excluding steroid dienone is 2. The lowest BCUT2D eigenvalue weighted by Crippen LogP contribution is -2.36. The van der Waals surface area contributed by atoms with Gasteiger partial charge in [0, 0.05) is 5.56 Å². The minimum atomic E-state index is -0.664. The zero-order valence-corrected chi connectivity index (χ0v) is 14.5. The molecule has 0 radical (unpaired) electrons. The summed E-state index contributed by atoms with van der Waals surface area (Å²) in [6.07, 6.45) is 6.45. The van der Waals surface area contributed by atoms with Crippen LogP contribution in [0.1, 0.15) is 18.7 Å². The Morgan fingerprint density at radius 2 is 1.78 bits per heavy atom. The van der Waals surface area contributed by atoms with Gasteiger partial charge < -0.3 is 9.15 Å². The van der Waals surface area contributed by atoms with Gasteiger partial charge in [-0.2, -0.15) is 0 Å². The van der Waals surface area contributed by atoms with Crippen molar-refractivity contribution in [3.63, 3.8) is 0 Å². The zero-order chi connectivity index (χ0) is 18.8. The van der Waals surface area contributed by atoms with E-state index in [0.717, 1.165) is 10.5 Å². The molecule has 1 aliphatic heterocycles. The number of carbonyl (C=O) groups excluding carboxylic acids is 3. The van der Waals surface area contributed by atoms with Crippen LogP contribution in [0.4, 0.5) is 0 Å². The standard InChI is InChI=1S/C20H18N2O5/c23-18(11-22-19(24)14-8-4-5-9-15(14)20(22)25)26-12-17-21-10-16(27-17)13-6-2-1-3-7-13/h1-7,10,14-15H,8-9,11-12H2/t14-,15-/m1/s1. The fourth-order valence-corrected chi connectivity index (χ4v) is 3.45. The molecule has 7 heteroatoms. The van der Waals surface area contributed by atoms with E-state index in [0.29, 0.717) is 18.6 Å². The number of aromatic nitrogens is 1. The smallest absolute Gasteiger partial charge is 0.326 e. The van der Waals surface area contributed by atoms with Crippen molar-refractivity contribution in [3.05, 3.63) is 54.6 Å². The largest absolute Gasteiger partial charge is 0.454 e. The molecule has 0 N–H and O–H groups in total. The summed E-state index contributed by atoms with van der Waals surface area (Å²) in [5, 5.41) is 0. The van der Waals surface area contributed by atoms with Gasteiger partial charge in [-0.1, -0.05) is 42.5 Å². The van der Waals surface area contributed by atoms with Crippen LogP contribution in [0.15, 0.2) is 53.1 Å². The number of nitrogens with zero attached hydrogens (tertiary/aromatic N) is 2. The van der Waals surface area contributed by atoms with Gasteiger partial charge in [-0.25, -0.2) is 4.98 Å². The normalized spacial score (nSPS) is 21.4. The Hall–Kier alpha value is -3.22. The number of hydrogen-bond donors (Lipinski definition) is 0. The van der Waals surface area contributed by atoms with Crippen LogP contribution in [-0.2, 0) is 25.7 Å². The molecule has 1 fully saturated rings. The molecule has 27 heavy (non-hydrogen) atoms. The molecule has 2 amide bonds. The van der Waals surface area contributed by atoms with Crippen molar-refractivity contribution in [3.8, 4) is 11.3 Å². The van der Waals surface area contributed by atoms with Crippen molar-refractivity contribution in [2.75, 3.05) is 6.54 Å². The highest BCUT2D eigenvalue weighted by atomic mass is 16.5. The fraction of sp³-hybridized carbons (Fsp3) is 0.300. The zero-order valence-electron chi connectivity index (χ0n) is 14.5. The fourth-order valence-electron chi connectivity index (χ4n) is 3.45. The van der Waals surface area contributed by atoms with Crippen LogP contribution < -0.4 is 0 Å². The molecule has 1 aromatic carbocycles. The molecule has 2 heterocycles. The molecule has 2 atom stereocenters.